The highest BCUT2D eigenvalue weighted by Gasteiger charge is 2.33. The van der Waals surface area contributed by atoms with Crippen LogP contribution < -0.4 is 9.64 Å². The Morgan fingerprint density at radius 1 is 1.30 bits per heavy atom. The Bertz CT molecular complexity index is 769. The van der Waals surface area contributed by atoms with Gasteiger partial charge in [0, 0.05) is 18.7 Å². The molecule has 0 unspecified atom stereocenters. The number of aryl methyl sites for hydroxylation is 1. The number of nitrogens with zero attached hydrogens (tertiary/aromatic N) is 3. The number of alkyl halides is 3. The molecule has 0 aliphatic carbocycles. The maximum absolute atomic E-state index is 13.2. The number of aliphatic hydroxyl groups is 1. The van der Waals surface area contributed by atoms with E-state index in [0.29, 0.717) is 31.2 Å². The molecule has 1 atom stereocenters. The first kappa shape index (κ1) is 19.4. The van der Waals surface area contributed by atoms with Crippen LogP contribution in [0.2, 0.25) is 0 Å². The second kappa shape index (κ2) is 8.10. The Morgan fingerprint density at radius 2 is 2.04 bits per heavy atom. The molecule has 1 aliphatic heterocycles. The van der Waals surface area contributed by atoms with Crippen LogP contribution in [-0.2, 0) is 17.5 Å². The summed E-state index contributed by atoms with van der Waals surface area (Å²) in [5, 5.41) is 9.19. The van der Waals surface area contributed by atoms with Crippen LogP contribution in [0.5, 0.6) is 5.75 Å². The molecule has 0 spiro atoms. The van der Waals surface area contributed by atoms with Crippen molar-refractivity contribution < 1.29 is 27.8 Å². The lowest BCUT2D eigenvalue weighted by molar-refractivity contribution is -0.138. The van der Waals surface area contributed by atoms with Crippen molar-refractivity contribution in [3.8, 4) is 5.75 Å². The van der Waals surface area contributed by atoms with Crippen molar-refractivity contribution in [3.05, 3.63) is 47.3 Å². The van der Waals surface area contributed by atoms with E-state index in [-0.39, 0.29) is 30.6 Å². The van der Waals surface area contributed by atoms with E-state index in [4.69, 9.17) is 9.47 Å². The summed E-state index contributed by atoms with van der Waals surface area (Å²) < 4.78 is 50.3. The van der Waals surface area contributed by atoms with E-state index in [1.165, 1.54) is 18.5 Å². The van der Waals surface area contributed by atoms with E-state index in [0.717, 1.165) is 6.07 Å². The summed E-state index contributed by atoms with van der Waals surface area (Å²) in [6.07, 6.45) is -1.88. The molecule has 0 radical (unpaired) electrons. The van der Waals surface area contributed by atoms with Gasteiger partial charge in [-0.2, -0.15) is 13.2 Å². The standard InChI is InChI=1S/C18H20F3N3O3/c1-12-3-2-4-16(18(19,20)21)15(12)11-27-13-7-22-17(23-8-13)24-5-6-26-14(9-24)10-25/h2-4,7-8,14,25H,5-6,9-11H2,1H3/t14-/m1/s1. The normalized spacial score (nSPS) is 17.8. The fraction of sp³-hybridized carbons (Fsp3) is 0.444. The molecular formula is C18H20F3N3O3. The number of ether oxygens (including phenoxy) is 2. The molecule has 1 aliphatic rings. The summed E-state index contributed by atoms with van der Waals surface area (Å²) in [5.74, 6) is 0.734. The van der Waals surface area contributed by atoms with Crippen molar-refractivity contribution in [1.29, 1.82) is 0 Å². The van der Waals surface area contributed by atoms with Gasteiger partial charge in [0.15, 0.2) is 5.75 Å². The largest absolute Gasteiger partial charge is 0.486 e. The Labute approximate surface area is 154 Å². The Balaban J connectivity index is 1.68. The molecule has 1 N–H and O–H groups in total. The predicted molar refractivity (Wildman–Crippen MR) is 91.6 cm³/mol. The van der Waals surface area contributed by atoms with E-state index >= 15 is 0 Å². The zero-order valence-corrected chi connectivity index (χ0v) is 14.7. The lowest BCUT2D eigenvalue weighted by atomic mass is 10.0. The van der Waals surface area contributed by atoms with Gasteiger partial charge in [-0.15, -0.1) is 0 Å². The topological polar surface area (TPSA) is 67.7 Å². The highest BCUT2D eigenvalue weighted by molar-refractivity contribution is 5.37. The molecule has 1 aromatic heterocycles. The minimum atomic E-state index is -4.44. The third-order valence-electron chi connectivity index (χ3n) is 4.34. The minimum absolute atomic E-state index is 0.0876. The van der Waals surface area contributed by atoms with Gasteiger partial charge in [0.1, 0.15) is 6.61 Å². The molecule has 146 valence electrons. The van der Waals surface area contributed by atoms with E-state index in [9.17, 15) is 18.3 Å². The number of anilines is 1. The van der Waals surface area contributed by atoms with Gasteiger partial charge in [-0.25, -0.2) is 9.97 Å². The van der Waals surface area contributed by atoms with Crippen LogP contribution in [0.3, 0.4) is 0 Å². The molecular weight excluding hydrogens is 363 g/mol. The van der Waals surface area contributed by atoms with Crippen molar-refractivity contribution in [2.24, 2.45) is 0 Å². The molecule has 1 fully saturated rings. The molecule has 2 aromatic rings. The minimum Gasteiger partial charge on any atom is -0.486 e. The van der Waals surface area contributed by atoms with Crippen LogP contribution in [0.4, 0.5) is 19.1 Å². The van der Waals surface area contributed by atoms with Crippen LogP contribution in [0, 0.1) is 6.92 Å². The number of aliphatic hydroxyl groups excluding tert-OH is 1. The third-order valence-corrected chi connectivity index (χ3v) is 4.34. The number of rotatable bonds is 5. The van der Waals surface area contributed by atoms with Crippen molar-refractivity contribution in [3.63, 3.8) is 0 Å². The highest BCUT2D eigenvalue weighted by atomic mass is 19.4. The number of hydrogen-bond donors (Lipinski definition) is 1. The predicted octanol–water partition coefficient (Wildman–Crippen LogP) is 2.58. The molecule has 0 amide bonds. The monoisotopic (exact) mass is 383 g/mol. The summed E-state index contributed by atoms with van der Waals surface area (Å²) in [7, 11) is 0. The number of morpholine rings is 1. The lowest BCUT2D eigenvalue weighted by Crippen LogP contribution is -2.44. The van der Waals surface area contributed by atoms with Gasteiger partial charge < -0.3 is 19.5 Å². The smallest absolute Gasteiger partial charge is 0.416 e. The van der Waals surface area contributed by atoms with Gasteiger partial charge in [0.25, 0.3) is 0 Å². The zero-order chi connectivity index (χ0) is 19.4. The van der Waals surface area contributed by atoms with Gasteiger partial charge >= 0.3 is 6.18 Å². The first-order valence-corrected chi connectivity index (χ1v) is 8.46. The van der Waals surface area contributed by atoms with Crippen molar-refractivity contribution in [2.75, 3.05) is 31.2 Å². The van der Waals surface area contributed by atoms with E-state index in [1.54, 1.807) is 13.0 Å². The Hall–Kier alpha value is -2.39. The van der Waals surface area contributed by atoms with Gasteiger partial charge in [0.05, 0.1) is 37.3 Å². The average molecular weight is 383 g/mol. The maximum atomic E-state index is 13.2. The molecule has 6 nitrogen and oxygen atoms in total. The first-order chi connectivity index (χ1) is 12.9. The van der Waals surface area contributed by atoms with E-state index < -0.39 is 11.7 Å². The zero-order valence-electron chi connectivity index (χ0n) is 14.7. The second-order valence-corrected chi connectivity index (χ2v) is 6.23. The van der Waals surface area contributed by atoms with Gasteiger partial charge in [-0.1, -0.05) is 12.1 Å². The molecule has 1 aromatic carbocycles. The van der Waals surface area contributed by atoms with Gasteiger partial charge in [-0.05, 0) is 18.6 Å². The van der Waals surface area contributed by atoms with E-state index in [2.05, 4.69) is 9.97 Å². The summed E-state index contributed by atoms with van der Waals surface area (Å²) in [5.41, 5.74) is -0.109. The van der Waals surface area contributed by atoms with Gasteiger partial charge in [-0.3, -0.25) is 0 Å². The molecule has 9 heteroatoms. The van der Waals surface area contributed by atoms with Crippen molar-refractivity contribution in [1.82, 2.24) is 9.97 Å². The average Bonchev–Trinajstić information content (AvgIpc) is 2.66. The van der Waals surface area contributed by atoms with Crippen LogP contribution in [-0.4, -0.2) is 47.5 Å². The van der Waals surface area contributed by atoms with Crippen LogP contribution >= 0.6 is 0 Å². The fourth-order valence-electron chi connectivity index (χ4n) is 2.87. The van der Waals surface area contributed by atoms with Crippen LogP contribution in [0.1, 0.15) is 16.7 Å². The van der Waals surface area contributed by atoms with Crippen LogP contribution in [0.15, 0.2) is 30.6 Å². The molecule has 1 saturated heterocycles. The molecule has 0 saturated carbocycles. The fourth-order valence-corrected chi connectivity index (χ4v) is 2.87. The molecule has 2 heterocycles. The molecule has 3 rings (SSSR count). The lowest BCUT2D eigenvalue weighted by Gasteiger charge is -2.31. The first-order valence-electron chi connectivity index (χ1n) is 8.46. The summed E-state index contributed by atoms with van der Waals surface area (Å²) >= 11 is 0. The maximum Gasteiger partial charge on any atom is 0.416 e. The third kappa shape index (κ3) is 4.67. The summed E-state index contributed by atoms with van der Waals surface area (Å²) in [6, 6.07) is 4.03. The van der Waals surface area contributed by atoms with E-state index in [1.807, 2.05) is 4.90 Å². The SMILES string of the molecule is Cc1cccc(C(F)(F)F)c1COc1cnc(N2CCO[C@@H](CO)C2)nc1. The molecule has 0 bridgehead atoms. The number of benzene rings is 1. The number of hydrogen-bond acceptors (Lipinski definition) is 6. The Morgan fingerprint density at radius 3 is 2.70 bits per heavy atom. The molecule has 27 heavy (non-hydrogen) atoms. The van der Waals surface area contributed by atoms with Crippen molar-refractivity contribution >= 4 is 5.95 Å². The number of aromatic nitrogens is 2. The number of halogens is 3. The second-order valence-electron chi connectivity index (χ2n) is 6.23. The Kier molecular flexibility index (Phi) is 5.81. The summed E-state index contributed by atoms with van der Waals surface area (Å²) in [4.78, 5) is 10.3. The van der Waals surface area contributed by atoms with Gasteiger partial charge in [0.2, 0.25) is 5.95 Å². The van der Waals surface area contributed by atoms with Crippen molar-refractivity contribution in [2.45, 2.75) is 25.8 Å². The van der Waals surface area contributed by atoms with Crippen LogP contribution in [0.25, 0.3) is 0 Å². The summed E-state index contributed by atoms with van der Waals surface area (Å²) in [6.45, 7) is 2.82. The highest BCUT2D eigenvalue weighted by Crippen LogP contribution is 2.33. The quantitative estimate of drug-likeness (QED) is 0.856.